The lowest BCUT2D eigenvalue weighted by molar-refractivity contribution is -0.192. The molecule has 3 atom stereocenters. The van der Waals surface area contributed by atoms with Gasteiger partial charge in [0.2, 0.25) is 0 Å². The molecule has 2 aliphatic heterocycles. The van der Waals surface area contributed by atoms with E-state index in [1.807, 2.05) is 4.90 Å². The van der Waals surface area contributed by atoms with E-state index in [0.29, 0.717) is 17.5 Å². The number of alkyl halides is 3. The second-order valence-corrected chi connectivity index (χ2v) is 10.9. The van der Waals surface area contributed by atoms with Crippen molar-refractivity contribution in [1.29, 1.82) is 0 Å². The number of rotatable bonds is 5. The molecule has 0 aliphatic carbocycles. The van der Waals surface area contributed by atoms with Crippen LogP contribution in [-0.4, -0.2) is 42.8 Å². The van der Waals surface area contributed by atoms with Crippen LogP contribution >= 0.6 is 0 Å². The highest BCUT2D eigenvalue weighted by Gasteiger charge is 2.46. The maximum absolute atomic E-state index is 15.3. The van der Waals surface area contributed by atoms with E-state index in [1.165, 1.54) is 42.6 Å². The van der Waals surface area contributed by atoms with Gasteiger partial charge in [-0.1, -0.05) is 12.1 Å². The van der Waals surface area contributed by atoms with Crippen molar-refractivity contribution in [2.24, 2.45) is 5.92 Å². The molecule has 1 N–H and O–H groups in total. The Morgan fingerprint density at radius 2 is 1.79 bits per heavy atom. The maximum atomic E-state index is 15.3. The smallest absolute Gasteiger partial charge is 0.391 e. The lowest BCUT2D eigenvalue weighted by Gasteiger charge is -2.46. The van der Waals surface area contributed by atoms with Gasteiger partial charge in [0.25, 0.3) is 10.0 Å². The Morgan fingerprint density at radius 3 is 2.47 bits per heavy atom. The predicted octanol–water partition coefficient (Wildman–Crippen LogP) is 5.39. The number of nitrogens with one attached hydrogen (secondary N) is 1. The number of ether oxygens (including phenoxy) is 1. The van der Waals surface area contributed by atoms with E-state index in [9.17, 15) is 26.0 Å². The van der Waals surface area contributed by atoms with E-state index in [0.717, 1.165) is 12.1 Å². The van der Waals surface area contributed by atoms with Crippen molar-refractivity contribution in [2.75, 3.05) is 17.9 Å². The van der Waals surface area contributed by atoms with E-state index in [-0.39, 0.29) is 37.6 Å². The number of sulfonamides is 1. The number of benzene rings is 2. The highest BCUT2D eigenvalue weighted by atomic mass is 32.2. The first-order valence-electron chi connectivity index (χ1n) is 11.9. The van der Waals surface area contributed by atoms with Crippen LogP contribution in [0.2, 0.25) is 0 Å². The number of nitrogens with zero attached hydrogens (tertiary/aromatic N) is 3. The third-order valence-corrected chi connectivity index (χ3v) is 8.30. The summed E-state index contributed by atoms with van der Waals surface area (Å²) < 4.78 is 103. The van der Waals surface area contributed by atoms with E-state index >= 15 is 4.39 Å². The zero-order chi connectivity index (χ0) is 27.1. The van der Waals surface area contributed by atoms with Gasteiger partial charge in [0.15, 0.2) is 5.82 Å². The minimum Gasteiger partial charge on any atom is -0.493 e. The molecule has 0 spiro atoms. The summed E-state index contributed by atoms with van der Waals surface area (Å²) in [6.45, 7) is 0.210. The Labute approximate surface area is 215 Å². The molecule has 2 aromatic carbocycles. The first-order chi connectivity index (χ1) is 18.0. The van der Waals surface area contributed by atoms with Gasteiger partial charge in [-0.2, -0.15) is 18.3 Å². The standard InChI is InChI=1S/C25H23F5N4O3S/c26-17-5-3-15(4-6-17)21-12-16(25(28,29)30)7-10-34(21)20-8-11-37-22-14-23(19(27)13-18(20)22)38(35,36)33-24-2-1-9-31-32-24/h1-6,9,13-14,16,20-21H,7-8,10-12H2,(H,32,33)/t16-,20+,21+/m1/s1. The molecule has 0 bridgehead atoms. The molecule has 1 saturated heterocycles. The maximum Gasteiger partial charge on any atom is 0.391 e. The fraction of sp³-hybridized carbons (Fsp3) is 0.360. The van der Waals surface area contributed by atoms with Crippen molar-refractivity contribution < 1.29 is 35.1 Å². The van der Waals surface area contributed by atoms with Gasteiger partial charge in [-0.15, -0.1) is 5.10 Å². The van der Waals surface area contributed by atoms with Crippen molar-refractivity contribution in [1.82, 2.24) is 15.1 Å². The normalized spacial score (nSPS) is 22.4. The largest absolute Gasteiger partial charge is 0.493 e. The van der Waals surface area contributed by atoms with Gasteiger partial charge in [0.05, 0.1) is 12.5 Å². The molecular formula is C25H23F5N4O3S. The number of likely N-dealkylation sites (tertiary alicyclic amines) is 1. The summed E-state index contributed by atoms with van der Waals surface area (Å²) in [6, 6.07) is 9.01. The van der Waals surface area contributed by atoms with Crippen LogP contribution in [0.1, 0.15) is 42.5 Å². The van der Waals surface area contributed by atoms with Gasteiger partial charge in [0.1, 0.15) is 22.3 Å². The second-order valence-electron chi connectivity index (χ2n) is 9.26. The number of fused-ring (bicyclic) bond motifs is 1. The Morgan fingerprint density at radius 1 is 1.03 bits per heavy atom. The van der Waals surface area contributed by atoms with E-state index in [4.69, 9.17) is 4.74 Å². The van der Waals surface area contributed by atoms with Crippen LogP contribution in [0.25, 0.3) is 0 Å². The number of aromatic nitrogens is 2. The van der Waals surface area contributed by atoms with Gasteiger partial charge in [-0.25, -0.2) is 17.2 Å². The zero-order valence-electron chi connectivity index (χ0n) is 19.8. The Bertz CT molecular complexity index is 1400. The molecule has 7 nitrogen and oxygen atoms in total. The van der Waals surface area contributed by atoms with E-state index < -0.39 is 50.7 Å². The van der Waals surface area contributed by atoms with E-state index in [2.05, 4.69) is 14.9 Å². The molecule has 38 heavy (non-hydrogen) atoms. The van der Waals surface area contributed by atoms with Crippen LogP contribution in [0, 0.1) is 17.6 Å². The Kier molecular flexibility index (Phi) is 6.99. The van der Waals surface area contributed by atoms with Crippen LogP contribution in [0.3, 0.4) is 0 Å². The lowest BCUT2D eigenvalue weighted by atomic mass is 9.84. The van der Waals surface area contributed by atoms with E-state index in [1.54, 1.807) is 0 Å². The summed E-state index contributed by atoms with van der Waals surface area (Å²) in [5.41, 5.74) is 0.853. The van der Waals surface area contributed by atoms with Gasteiger partial charge < -0.3 is 4.74 Å². The second kappa shape index (κ2) is 10.1. The summed E-state index contributed by atoms with van der Waals surface area (Å²) in [5, 5.41) is 7.22. The van der Waals surface area contributed by atoms with Gasteiger partial charge in [-0.3, -0.25) is 9.62 Å². The number of anilines is 1. The summed E-state index contributed by atoms with van der Waals surface area (Å²) in [4.78, 5) is 1.19. The fourth-order valence-corrected chi connectivity index (χ4v) is 6.21. The predicted molar refractivity (Wildman–Crippen MR) is 127 cm³/mol. The molecule has 2 aliphatic rings. The van der Waals surface area contributed by atoms with Crippen LogP contribution < -0.4 is 9.46 Å². The monoisotopic (exact) mass is 554 g/mol. The molecular weight excluding hydrogens is 531 g/mol. The average Bonchev–Trinajstić information content (AvgIpc) is 2.88. The number of hydrogen-bond donors (Lipinski definition) is 1. The lowest BCUT2D eigenvalue weighted by Crippen LogP contribution is -2.44. The van der Waals surface area contributed by atoms with Gasteiger partial charge in [0, 0.05) is 36.3 Å². The molecule has 1 aromatic heterocycles. The molecule has 0 radical (unpaired) electrons. The molecule has 1 fully saturated rings. The minimum atomic E-state index is -4.39. The molecule has 0 unspecified atom stereocenters. The molecule has 5 rings (SSSR count). The Balaban J connectivity index is 1.49. The molecule has 13 heteroatoms. The number of halogens is 5. The quantitative estimate of drug-likeness (QED) is 0.426. The summed E-state index contributed by atoms with van der Waals surface area (Å²) in [6.07, 6.45) is -3.07. The third-order valence-electron chi connectivity index (χ3n) is 6.93. The average molecular weight is 555 g/mol. The topological polar surface area (TPSA) is 84.4 Å². The summed E-state index contributed by atoms with van der Waals surface area (Å²) >= 11 is 0. The molecule has 0 amide bonds. The number of hydrogen-bond acceptors (Lipinski definition) is 6. The summed E-state index contributed by atoms with van der Waals surface area (Å²) in [7, 11) is -4.38. The molecule has 3 heterocycles. The van der Waals surface area contributed by atoms with Crippen LogP contribution in [0.15, 0.2) is 59.6 Å². The van der Waals surface area contributed by atoms with Gasteiger partial charge >= 0.3 is 6.18 Å². The van der Waals surface area contributed by atoms with Crippen LogP contribution in [-0.2, 0) is 10.0 Å². The first-order valence-corrected chi connectivity index (χ1v) is 13.4. The van der Waals surface area contributed by atoms with Crippen molar-refractivity contribution in [3.05, 3.63) is 77.5 Å². The SMILES string of the molecule is O=S(=O)(Nc1cccnn1)c1cc2c(cc1F)[C@@H](N1CC[C@@H](C(F)(F)F)C[C@H]1c1ccc(F)cc1)CCO2. The Hall–Kier alpha value is -3.32. The van der Waals surface area contributed by atoms with Crippen molar-refractivity contribution in [3.8, 4) is 5.75 Å². The fourth-order valence-electron chi connectivity index (χ4n) is 5.14. The molecule has 3 aromatic rings. The molecule has 0 saturated carbocycles. The highest BCUT2D eigenvalue weighted by molar-refractivity contribution is 7.92. The first kappa shape index (κ1) is 26.3. The minimum absolute atomic E-state index is 0.0617. The summed E-state index contributed by atoms with van der Waals surface area (Å²) in [5.74, 6) is -3.06. The van der Waals surface area contributed by atoms with Crippen LogP contribution in [0.4, 0.5) is 27.8 Å². The van der Waals surface area contributed by atoms with Gasteiger partial charge in [-0.05, 0) is 55.3 Å². The highest BCUT2D eigenvalue weighted by Crippen LogP contribution is 2.48. The third kappa shape index (κ3) is 5.30. The van der Waals surface area contributed by atoms with Crippen molar-refractivity contribution in [2.45, 2.75) is 42.4 Å². The van der Waals surface area contributed by atoms with Crippen LogP contribution in [0.5, 0.6) is 5.75 Å². The van der Waals surface area contributed by atoms with Crippen molar-refractivity contribution in [3.63, 3.8) is 0 Å². The molecule has 202 valence electrons. The zero-order valence-corrected chi connectivity index (χ0v) is 20.6. The number of piperidine rings is 1. The van der Waals surface area contributed by atoms with Crippen molar-refractivity contribution >= 4 is 15.8 Å².